The summed E-state index contributed by atoms with van der Waals surface area (Å²) in [5.74, 6) is -3.38. The van der Waals surface area contributed by atoms with Gasteiger partial charge in [-0.25, -0.2) is 0 Å². The van der Waals surface area contributed by atoms with Gasteiger partial charge < -0.3 is 24.4 Å². The molecule has 7 nitrogen and oxygen atoms in total. The van der Waals surface area contributed by atoms with Gasteiger partial charge in [-0.1, -0.05) is 134 Å². The van der Waals surface area contributed by atoms with E-state index in [1.807, 2.05) is 0 Å². The Morgan fingerprint density at radius 1 is 0.686 bits per heavy atom. The molecule has 2 atom stereocenters. The number of aliphatic hydroxyl groups is 1. The van der Waals surface area contributed by atoms with Gasteiger partial charge in [0.1, 0.15) is 11.2 Å². The molecule has 0 saturated carbocycles. The predicted octanol–water partition coefficient (Wildman–Crippen LogP) is 11.1. The number of carbonyl (C=O) groups is 2. The molecular formula is C44H68O7. The summed E-state index contributed by atoms with van der Waals surface area (Å²) in [6, 6.07) is 1.50. The molecule has 0 amide bonds. The van der Waals surface area contributed by atoms with E-state index < -0.39 is 22.8 Å². The minimum absolute atomic E-state index is 0.0653. The molecule has 0 fully saturated rings. The highest BCUT2D eigenvalue weighted by molar-refractivity contribution is 6.18. The molecule has 0 saturated heterocycles. The molecule has 51 heavy (non-hydrogen) atoms. The Labute approximate surface area is 308 Å². The number of hydrogen-bond donors (Lipinski definition) is 2. The lowest BCUT2D eigenvalue weighted by molar-refractivity contribution is -0.190. The van der Waals surface area contributed by atoms with Gasteiger partial charge in [0, 0.05) is 23.3 Å². The number of Topliss-reactive ketones (excluding diaryl/α,β-unsaturated/α-hetero) is 1. The molecule has 1 aliphatic heterocycles. The zero-order valence-electron chi connectivity index (χ0n) is 32.4. The Morgan fingerprint density at radius 2 is 1.18 bits per heavy atom. The minimum Gasteiger partial charge on any atom is -0.504 e. The van der Waals surface area contributed by atoms with Crippen molar-refractivity contribution in [2.75, 3.05) is 14.2 Å². The number of methoxy groups -OCH3 is 2. The van der Waals surface area contributed by atoms with Gasteiger partial charge in [0.15, 0.2) is 17.3 Å². The summed E-state index contributed by atoms with van der Waals surface area (Å²) in [5, 5.41) is 23.5. The number of fused-ring (bicyclic) bond motifs is 3. The van der Waals surface area contributed by atoms with E-state index >= 15 is 0 Å². The quantitative estimate of drug-likeness (QED) is 0.0660. The second kappa shape index (κ2) is 22.8. The monoisotopic (exact) mass is 708 g/mol. The molecule has 2 N–H and O–H groups in total. The second-order valence-electron chi connectivity index (χ2n) is 14.6. The van der Waals surface area contributed by atoms with Gasteiger partial charge in [0.2, 0.25) is 11.6 Å². The lowest BCUT2D eigenvalue weighted by atomic mass is 9.62. The van der Waals surface area contributed by atoms with Crippen molar-refractivity contribution in [1.29, 1.82) is 0 Å². The van der Waals surface area contributed by atoms with Crippen LogP contribution in [0, 0.1) is 0 Å². The third-order valence-electron chi connectivity index (χ3n) is 10.7. The number of rotatable bonds is 28. The topological polar surface area (TPSA) is 102 Å². The predicted molar refractivity (Wildman–Crippen MR) is 207 cm³/mol. The van der Waals surface area contributed by atoms with Crippen LogP contribution < -0.4 is 9.47 Å². The van der Waals surface area contributed by atoms with Gasteiger partial charge >= 0.3 is 0 Å². The summed E-state index contributed by atoms with van der Waals surface area (Å²) in [6.07, 6.45) is 35.3. The van der Waals surface area contributed by atoms with Crippen LogP contribution in [0.15, 0.2) is 42.2 Å². The Morgan fingerprint density at radius 3 is 1.69 bits per heavy atom. The van der Waals surface area contributed by atoms with Gasteiger partial charge in [-0.2, -0.15) is 0 Å². The first kappa shape index (κ1) is 42.4. The van der Waals surface area contributed by atoms with Crippen LogP contribution in [-0.4, -0.2) is 41.8 Å². The van der Waals surface area contributed by atoms with E-state index in [4.69, 9.17) is 14.2 Å². The maximum atomic E-state index is 14.3. The number of phenols is 1. The second-order valence-corrected chi connectivity index (χ2v) is 14.6. The number of hydrogen-bond acceptors (Lipinski definition) is 7. The first-order chi connectivity index (χ1) is 24.8. The molecule has 0 aromatic heterocycles. The van der Waals surface area contributed by atoms with E-state index in [1.165, 1.54) is 90.9 Å². The molecule has 0 bridgehead atoms. The molecule has 0 spiro atoms. The lowest BCUT2D eigenvalue weighted by Crippen LogP contribution is -2.63. The van der Waals surface area contributed by atoms with Crippen LogP contribution in [-0.2, 0) is 26.2 Å². The molecular weight excluding hydrogens is 640 g/mol. The van der Waals surface area contributed by atoms with Crippen molar-refractivity contribution in [2.45, 2.75) is 179 Å². The van der Waals surface area contributed by atoms with Gasteiger partial charge in [-0.05, 0) is 57.8 Å². The summed E-state index contributed by atoms with van der Waals surface area (Å²) in [7, 11) is 2.83. The van der Waals surface area contributed by atoms with E-state index in [2.05, 4.69) is 38.2 Å². The number of allylic oxidation sites excluding steroid dienone is 5. The van der Waals surface area contributed by atoms with Crippen LogP contribution in [0.3, 0.4) is 0 Å². The van der Waals surface area contributed by atoms with Crippen LogP contribution in [0.4, 0.5) is 0 Å². The molecule has 1 aromatic carbocycles. The van der Waals surface area contributed by atoms with E-state index in [1.54, 1.807) is 0 Å². The molecule has 1 heterocycles. The fourth-order valence-corrected chi connectivity index (χ4v) is 7.72. The summed E-state index contributed by atoms with van der Waals surface area (Å²) in [6.45, 7) is 4.44. The highest BCUT2D eigenvalue weighted by atomic mass is 16.6. The fourth-order valence-electron chi connectivity index (χ4n) is 7.72. The van der Waals surface area contributed by atoms with Gasteiger partial charge in [-0.3, -0.25) is 9.59 Å². The van der Waals surface area contributed by atoms with Crippen molar-refractivity contribution in [1.82, 2.24) is 0 Å². The molecule has 0 radical (unpaired) electrons. The van der Waals surface area contributed by atoms with Gasteiger partial charge in [0.25, 0.3) is 5.79 Å². The third kappa shape index (κ3) is 11.2. The average molecular weight is 709 g/mol. The summed E-state index contributed by atoms with van der Waals surface area (Å²) < 4.78 is 17.0. The van der Waals surface area contributed by atoms with Crippen LogP contribution >= 0.6 is 0 Å². The van der Waals surface area contributed by atoms with Crippen molar-refractivity contribution in [3.8, 4) is 17.2 Å². The average Bonchev–Trinajstić information content (AvgIpc) is 3.40. The lowest BCUT2D eigenvalue weighted by Gasteiger charge is -2.41. The van der Waals surface area contributed by atoms with Crippen LogP contribution in [0.25, 0.3) is 0 Å². The number of ketones is 2. The Hall–Kier alpha value is -3.06. The molecule has 2 unspecified atom stereocenters. The van der Waals surface area contributed by atoms with Crippen LogP contribution in [0.1, 0.15) is 173 Å². The smallest absolute Gasteiger partial charge is 0.289 e. The summed E-state index contributed by atoms with van der Waals surface area (Å²) in [4.78, 5) is 27.9. The largest absolute Gasteiger partial charge is 0.504 e. The van der Waals surface area contributed by atoms with Crippen molar-refractivity contribution in [2.24, 2.45) is 0 Å². The van der Waals surface area contributed by atoms with E-state index in [0.717, 1.165) is 70.3 Å². The highest BCUT2D eigenvalue weighted by Crippen LogP contribution is 2.59. The number of aromatic hydroxyl groups is 1. The highest BCUT2D eigenvalue weighted by Gasteiger charge is 2.71. The van der Waals surface area contributed by atoms with E-state index in [0.29, 0.717) is 24.0 Å². The maximum absolute atomic E-state index is 14.3. The Bertz CT molecular complexity index is 1310. The molecule has 1 aromatic rings. The van der Waals surface area contributed by atoms with Gasteiger partial charge in [0.05, 0.1) is 14.2 Å². The first-order valence-corrected chi connectivity index (χ1v) is 20.3. The molecule has 3 rings (SSSR count). The van der Waals surface area contributed by atoms with Crippen molar-refractivity contribution in [3.05, 3.63) is 53.3 Å². The standard InChI is InChI=1S/C44H68O7/c1-5-7-9-11-13-15-17-19-21-23-25-27-29-31-35-40-36(33-37(49-3)41(35)46)51-44(48)39(45)34-38(50-4)42(47)43(40,44)32-30-28-26-24-22-20-18-16-14-12-10-8-6-2/h11-14,33-34,46,48H,5-10,15-32H2,1-4H3/b13-11-,14-12-. The number of ether oxygens (including phenoxy) is 3. The first-order valence-electron chi connectivity index (χ1n) is 20.3. The number of carbonyl (C=O) groups excluding carboxylic acids is 2. The number of benzene rings is 1. The van der Waals surface area contributed by atoms with Crippen molar-refractivity contribution >= 4 is 11.6 Å². The van der Waals surface area contributed by atoms with E-state index in [9.17, 15) is 19.8 Å². The van der Waals surface area contributed by atoms with Gasteiger partial charge in [-0.15, -0.1) is 0 Å². The normalized spacial score (nSPS) is 19.8. The maximum Gasteiger partial charge on any atom is 0.289 e. The SMILES string of the molecule is CCCC/C=C\CCCCCCCCCc1c(O)c(OC)cc2c1C1(CCCCCCCCC/C=C\CCCC)C(=O)C(OC)=CC(=O)C1(O)O2. The summed E-state index contributed by atoms with van der Waals surface area (Å²) in [5.41, 5.74) is -0.797. The third-order valence-corrected chi connectivity index (χ3v) is 10.7. The zero-order chi connectivity index (χ0) is 37.0. The fraction of sp³-hybridized carbons (Fsp3) is 0.682. The van der Waals surface area contributed by atoms with Crippen LogP contribution in [0.2, 0.25) is 0 Å². The van der Waals surface area contributed by atoms with E-state index in [-0.39, 0.29) is 29.4 Å². The molecule has 1 aliphatic carbocycles. The molecule has 286 valence electrons. The number of unbranched alkanes of at least 4 members (excludes halogenated alkanes) is 18. The summed E-state index contributed by atoms with van der Waals surface area (Å²) >= 11 is 0. The molecule has 7 heteroatoms. The zero-order valence-corrected chi connectivity index (χ0v) is 32.4. The van der Waals surface area contributed by atoms with Crippen LogP contribution in [0.5, 0.6) is 17.2 Å². The Kier molecular flexibility index (Phi) is 18.9. The van der Waals surface area contributed by atoms with Crippen molar-refractivity contribution in [3.63, 3.8) is 0 Å². The van der Waals surface area contributed by atoms with Crippen molar-refractivity contribution < 1.29 is 34.0 Å². The number of phenolic OH excluding ortho intramolecular Hbond substituents is 1. The minimum atomic E-state index is -2.42. The molecule has 2 aliphatic rings. The Balaban J connectivity index is 1.66.